The molecule has 4 aromatic heterocycles. The van der Waals surface area contributed by atoms with Crippen molar-refractivity contribution in [2.24, 2.45) is 5.92 Å². The van der Waals surface area contributed by atoms with E-state index < -0.39 is 0 Å². The first-order chi connectivity index (χ1) is 12.2. The Labute approximate surface area is 154 Å². The molecule has 4 aromatic rings. The minimum absolute atomic E-state index is 0.0439. The Kier molecular flexibility index (Phi) is 3.40. The van der Waals surface area contributed by atoms with E-state index in [1.165, 1.54) is 22.7 Å². The fraction of sp³-hybridized carbons (Fsp3) is 0.200. The summed E-state index contributed by atoms with van der Waals surface area (Å²) in [7, 11) is 0. The van der Waals surface area contributed by atoms with E-state index >= 15 is 0 Å². The van der Waals surface area contributed by atoms with E-state index in [-0.39, 0.29) is 11.8 Å². The van der Waals surface area contributed by atoms with Crippen LogP contribution in [0.15, 0.2) is 24.7 Å². The van der Waals surface area contributed by atoms with Crippen LogP contribution < -0.4 is 5.32 Å². The van der Waals surface area contributed by atoms with Gasteiger partial charge < -0.3 is 5.32 Å². The second-order valence-electron chi connectivity index (χ2n) is 5.76. The van der Waals surface area contributed by atoms with Gasteiger partial charge in [-0.25, -0.2) is 9.97 Å². The van der Waals surface area contributed by atoms with Gasteiger partial charge in [0.25, 0.3) is 0 Å². The molecule has 0 aliphatic heterocycles. The lowest BCUT2D eigenvalue weighted by Crippen LogP contribution is -2.12. The number of thiazole rings is 1. The highest BCUT2D eigenvalue weighted by atomic mass is 35.5. The van der Waals surface area contributed by atoms with Gasteiger partial charge in [0.2, 0.25) is 5.91 Å². The third kappa shape index (κ3) is 2.64. The number of halogens is 1. The van der Waals surface area contributed by atoms with Gasteiger partial charge in [-0.3, -0.25) is 14.5 Å². The summed E-state index contributed by atoms with van der Waals surface area (Å²) in [6.45, 7) is 0. The summed E-state index contributed by atoms with van der Waals surface area (Å²) in [5.41, 5.74) is 1.55. The molecule has 0 atom stereocenters. The third-order valence-corrected chi connectivity index (χ3v) is 6.19. The topological polar surface area (TPSA) is 88.5 Å². The predicted octanol–water partition coefficient (Wildman–Crippen LogP) is 3.94. The van der Waals surface area contributed by atoms with Crippen LogP contribution in [0.2, 0.25) is 4.34 Å². The first-order valence-corrected chi connectivity index (χ1v) is 9.64. The molecule has 126 valence electrons. The monoisotopic (exact) mass is 390 g/mol. The summed E-state index contributed by atoms with van der Waals surface area (Å²) >= 11 is 8.94. The molecule has 1 fully saturated rings. The molecule has 5 rings (SSSR count). The van der Waals surface area contributed by atoms with Crippen LogP contribution in [0.4, 0.5) is 5.13 Å². The van der Waals surface area contributed by atoms with Crippen molar-refractivity contribution in [3.8, 4) is 16.4 Å². The quantitative estimate of drug-likeness (QED) is 0.552. The average Bonchev–Trinajstić information content (AvgIpc) is 2.91. The van der Waals surface area contributed by atoms with E-state index in [1.807, 2.05) is 16.7 Å². The number of aromatic amines is 1. The molecule has 0 spiro atoms. The Bertz CT molecular complexity index is 1090. The molecule has 1 amide bonds. The normalized spacial score (nSPS) is 14.3. The standard InChI is InChI=1S/C15H11ClN6OS2/c16-10-4-3-9(24-10)8-5-17-6-22(8)13-11-12(20-21-13)18-15(25-11)19-14(23)7-1-2-7/h3-7H,1-2H2,(H2,18,19,20,21,23). The van der Waals surface area contributed by atoms with Crippen LogP contribution in [0.3, 0.4) is 0 Å². The first-order valence-electron chi connectivity index (χ1n) is 7.63. The fourth-order valence-electron chi connectivity index (χ4n) is 2.57. The summed E-state index contributed by atoms with van der Waals surface area (Å²) in [5.74, 6) is 0.891. The summed E-state index contributed by atoms with van der Waals surface area (Å²) in [4.78, 5) is 21.6. The molecule has 1 aliphatic carbocycles. The molecular formula is C15H11ClN6OS2. The van der Waals surface area contributed by atoms with Gasteiger partial charge in [-0.15, -0.1) is 11.3 Å². The van der Waals surface area contributed by atoms with E-state index in [0.717, 1.165) is 32.4 Å². The number of carbonyl (C=O) groups is 1. The van der Waals surface area contributed by atoms with Gasteiger partial charge in [0.1, 0.15) is 11.0 Å². The minimum atomic E-state index is 0.0439. The Balaban J connectivity index is 1.54. The predicted molar refractivity (Wildman–Crippen MR) is 98.6 cm³/mol. The summed E-state index contributed by atoms with van der Waals surface area (Å²) in [6.07, 6.45) is 5.41. The Morgan fingerprint density at radius 1 is 1.36 bits per heavy atom. The van der Waals surface area contributed by atoms with Crippen molar-refractivity contribution >= 4 is 55.7 Å². The van der Waals surface area contributed by atoms with E-state index in [9.17, 15) is 4.79 Å². The average molecular weight is 391 g/mol. The SMILES string of the molecule is O=C(Nc1nc2[nH]nc(-n3cncc3-c3ccc(Cl)s3)c2s1)C1CC1. The summed E-state index contributed by atoms with van der Waals surface area (Å²) in [6, 6.07) is 3.82. The van der Waals surface area contributed by atoms with Gasteiger partial charge in [0.15, 0.2) is 16.6 Å². The number of rotatable bonds is 4. The molecule has 0 radical (unpaired) electrons. The Hall–Kier alpha value is -2.23. The molecule has 0 saturated heterocycles. The number of hydrogen-bond donors (Lipinski definition) is 2. The van der Waals surface area contributed by atoms with E-state index in [1.54, 1.807) is 12.5 Å². The van der Waals surface area contributed by atoms with Crippen LogP contribution in [0.25, 0.3) is 26.7 Å². The van der Waals surface area contributed by atoms with Crippen molar-refractivity contribution in [1.82, 2.24) is 24.7 Å². The van der Waals surface area contributed by atoms with Crippen molar-refractivity contribution in [3.05, 3.63) is 29.0 Å². The molecule has 0 aromatic carbocycles. The van der Waals surface area contributed by atoms with Gasteiger partial charge in [0, 0.05) is 5.92 Å². The highest BCUT2D eigenvalue weighted by molar-refractivity contribution is 7.22. The lowest BCUT2D eigenvalue weighted by Gasteiger charge is -2.02. The molecule has 2 N–H and O–H groups in total. The molecule has 1 aliphatic rings. The van der Waals surface area contributed by atoms with Crippen LogP contribution >= 0.6 is 34.3 Å². The van der Waals surface area contributed by atoms with Crippen LogP contribution in [-0.4, -0.2) is 30.6 Å². The van der Waals surface area contributed by atoms with Crippen molar-refractivity contribution < 1.29 is 4.79 Å². The number of imidazole rings is 1. The first kappa shape index (κ1) is 15.1. The number of fused-ring (bicyclic) bond motifs is 1. The number of amides is 1. The second-order valence-corrected chi connectivity index (χ2v) is 8.47. The van der Waals surface area contributed by atoms with Crippen molar-refractivity contribution in [2.75, 3.05) is 5.32 Å². The van der Waals surface area contributed by atoms with Crippen LogP contribution in [0.5, 0.6) is 0 Å². The smallest absolute Gasteiger partial charge is 0.229 e. The van der Waals surface area contributed by atoms with Crippen molar-refractivity contribution in [1.29, 1.82) is 0 Å². The zero-order valence-corrected chi connectivity index (χ0v) is 15.1. The number of aromatic nitrogens is 5. The minimum Gasteiger partial charge on any atom is -0.302 e. The Morgan fingerprint density at radius 2 is 2.24 bits per heavy atom. The zero-order chi connectivity index (χ0) is 17.0. The van der Waals surface area contributed by atoms with Crippen molar-refractivity contribution in [3.63, 3.8) is 0 Å². The number of thiophene rings is 1. The molecule has 0 bridgehead atoms. The number of nitrogens with zero attached hydrogens (tertiary/aromatic N) is 4. The van der Waals surface area contributed by atoms with Crippen LogP contribution in [-0.2, 0) is 4.79 Å². The summed E-state index contributed by atoms with van der Waals surface area (Å²) in [5, 5.41) is 10.8. The highest BCUT2D eigenvalue weighted by Crippen LogP contribution is 2.36. The van der Waals surface area contributed by atoms with Gasteiger partial charge >= 0.3 is 0 Å². The van der Waals surface area contributed by atoms with Gasteiger partial charge in [-0.2, -0.15) is 5.10 Å². The molecule has 7 nitrogen and oxygen atoms in total. The number of anilines is 1. The largest absolute Gasteiger partial charge is 0.302 e. The lowest BCUT2D eigenvalue weighted by molar-refractivity contribution is -0.117. The number of carbonyl (C=O) groups excluding carboxylic acids is 1. The second kappa shape index (κ2) is 5.65. The summed E-state index contributed by atoms with van der Waals surface area (Å²) < 4.78 is 3.48. The molecular weight excluding hydrogens is 380 g/mol. The van der Waals surface area contributed by atoms with Crippen molar-refractivity contribution in [2.45, 2.75) is 12.8 Å². The number of nitrogens with one attached hydrogen (secondary N) is 2. The van der Waals surface area contributed by atoms with Crippen LogP contribution in [0, 0.1) is 5.92 Å². The van der Waals surface area contributed by atoms with Crippen LogP contribution in [0.1, 0.15) is 12.8 Å². The van der Waals surface area contributed by atoms with Gasteiger partial charge in [-0.05, 0) is 25.0 Å². The fourth-order valence-corrected chi connectivity index (χ4v) is 4.53. The number of hydrogen-bond acceptors (Lipinski definition) is 6. The van der Waals surface area contributed by atoms with E-state index in [4.69, 9.17) is 11.6 Å². The zero-order valence-electron chi connectivity index (χ0n) is 12.7. The molecule has 25 heavy (non-hydrogen) atoms. The third-order valence-electron chi connectivity index (χ3n) is 3.97. The Morgan fingerprint density at radius 3 is 3.00 bits per heavy atom. The maximum absolute atomic E-state index is 11.9. The van der Waals surface area contributed by atoms with Gasteiger partial charge in [-0.1, -0.05) is 22.9 Å². The maximum atomic E-state index is 11.9. The highest BCUT2D eigenvalue weighted by Gasteiger charge is 2.30. The molecule has 0 unspecified atom stereocenters. The van der Waals surface area contributed by atoms with E-state index in [0.29, 0.717) is 16.6 Å². The molecule has 4 heterocycles. The maximum Gasteiger partial charge on any atom is 0.229 e. The number of H-pyrrole nitrogens is 1. The lowest BCUT2D eigenvalue weighted by atomic mass is 10.3. The van der Waals surface area contributed by atoms with E-state index in [2.05, 4.69) is 25.5 Å². The molecule has 1 saturated carbocycles. The molecule has 10 heteroatoms. The van der Waals surface area contributed by atoms with Gasteiger partial charge in [0.05, 0.1) is 21.1 Å².